The van der Waals surface area contributed by atoms with Crippen LogP contribution in [-0.4, -0.2) is 4.57 Å². The highest BCUT2D eigenvalue weighted by Gasteiger charge is 2.09. The molecule has 3 nitrogen and oxygen atoms in total. The molecule has 0 atom stereocenters. The van der Waals surface area contributed by atoms with Crippen molar-refractivity contribution in [3.63, 3.8) is 0 Å². The Bertz CT molecular complexity index is 570. The normalized spacial score (nSPS) is 10.9. The van der Waals surface area contributed by atoms with Crippen LogP contribution >= 0.6 is 0 Å². The molecule has 15 heavy (non-hydrogen) atoms. The molecule has 2 rings (SSSR count). The highest BCUT2D eigenvalue weighted by Crippen LogP contribution is 2.17. The highest BCUT2D eigenvalue weighted by molar-refractivity contribution is 5.83. The number of nitrogens with two attached hydrogens (primary N) is 1. The van der Waals surface area contributed by atoms with Crippen molar-refractivity contribution < 1.29 is 0 Å². The maximum atomic E-state index is 11.9. The maximum Gasteiger partial charge on any atom is 0.255 e. The molecule has 1 aromatic carbocycles. The lowest BCUT2D eigenvalue weighted by Crippen LogP contribution is -2.24. The third-order valence-electron chi connectivity index (χ3n) is 2.89. The summed E-state index contributed by atoms with van der Waals surface area (Å²) in [4.78, 5) is 11.9. The molecular weight excluding hydrogens is 188 g/mol. The molecule has 2 aromatic rings. The van der Waals surface area contributed by atoms with Crippen molar-refractivity contribution in [1.29, 1.82) is 0 Å². The molecule has 0 radical (unpaired) electrons. The summed E-state index contributed by atoms with van der Waals surface area (Å²) in [5, 5.41) is 1.10. The Morgan fingerprint density at radius 2 is 2.00 bits per heavy atom. The first-order chi connectivity index (χ1) is 7.16. The van der Waals surface area contributed by atoms with E-state index < -0.39 is 0 Å². The SMILES string of the molecule is Cc1c(CN)c(=O)n(C)c2ccccc12. The summed E-state index contributed by atoms with van der Waals surface area (Å²) in [5.74, 6) is 0. The van der Waals surface area contributed by atoms with Gasteiger partial charge in [0.25, 0.3) is 5.56 Å². The van der Waals surface area contributed by atoms with Crippen LogP contribution in [0.2, 0.25) is 0 Å². The van der Waals surface area contributed by atoms with E-state index in [1.165, 1.54) is 0 Å². The number of fused-ring (bicyclic) bond motifs is 1. The summed E-state index contributed by atoms with van der Waals surface area (Å²) in [6.07, 6.45) is 0. The molecular formula is C12H14N2O. The fourth-order valence-electron chi connectivity index (χ4n) is 1.96. The van der Waals surface area contributed by atoms with Crippen LogP contribution in [0.15, 0.2) is 29.1 Å². The second-order valence-corrected chi connectivity index (χ2v) is 3.69. The quantitative estimate of drug-likeness (QED) is 0.757. The molecule has 0 aliphatic carbocycles. The second kappa shape index (κ2) is 3.51. The number of aryl methyl sites for hydroxylation is 2. The van der Waals surface area contributed by atoms with Gasteiger partial charge in [0.2, 0.25) is 0 Å². The summed E-state index contributed by atoms with van der Waals surface area (Å²) >= 11 is 0. The first kappa shape index (κ1) is 9.93. The van der Waals surface area contributed by atoms with Crippen molar-refractivity contribution in [3.8, 4) is 0 Å². The van der Waals surface area contributed by atoms with Gasteiger partial charge in [-0.1, -0.05) is 18.2 Å². The number of rotatable bonds is 1. The van der Waals surface area contributed by atoms with Gasteiger partial charge < -0.3 is 10.3 Å². The lowest BCUT2D eigenvalue weighted by molar-refractivity contribution is 0.862. The van der Waals surface area contributed by atoms with E-state index in [-0.39, 0.29) is 5.56 Å². The van der Waals surface area contributed by atoms with Crippen LogP contribution in [0.4, 0.5) is 0 Å². The monoisotopic (exact) mass is 202 g/mol. The summed E-state index contributed by atoms with van der Waals surface area (Å²) in [5.41, 5.74) is 8.26. The molecule has 0 unspecified atom stereocenters. The van der Waals surface area contributed by atoms with Crippen LogP contribution in [0.3, 0.4) is 0 Å². The maximum absolute atomic E-state index is 11.9. The molecule has 0 aliphatic heterocycles. The number of pyridine rings is 1. The highest BCUT2D eigenvalue weighted by atomic mass is 16.1. The van der Waals surface area contributed by atoms with Gasteiger partial charge in [0.15, 0.2) is 0 Å². The molecule has 0 saturated carbocycles. The summed E-state index contributed by atoms with van der Waals surface area (Å²) < 4.78 is 1.66. The van der Waals surface area contributed by atoms with Crippen LogP contribution in [-0.2, 0) is 13.6 Å². The minimum absolute atomic E-state index is 0.00806. The Labute approximate surface area is 88.1 Å². The fourth-order valence-corrected chi connectivity index (χ4v) is 1.96. The number of nitrogens with zero attached hydrogens (tertiary/aromatic N) is 1. The molecule has 0 aliphatic rings. The van der Waals surface area contributed by atoms with Gasteiger partial charge in [-0.25, -0.2) is 0 Å². The number of para-hydroxylation sites is 1. The van der Waals surface area contributed by atoms with Gasteiger partial charge in [-0.3, -0.25) is 4.79 Å². The van der Waals surface area contributed by atoms with E-state index in [0.29, 0.717) is 12.1 Å². The summed E-state index contributed by atoms with van der Waals surface area (Å²) in [6, 6.07) is 7.87. The third kappa shape index (κ3) is 1.36. The van der Waals surface area contributed by atoms with Crippen molar-refractivity contribution in [3.05, 3.63) is 45.7 Å². The Morgan fingerprint density at radius 1 is 1.33 bits per heavy atom. The van der Waals surface area contributed by atoms with Gasteiger partial charge in [0.1, 0.15) is 0 Å². The minimum atomic E-state index is 0.00806. The van der Waals surface area contributed by atoms with Gasteiger partial charge in [-0.15, -0.1) is 0 Å². The Balaban J connectivity index is 3.03. The van der Waals surface area contributed by atoms with Gasteiger partial charge >= 0.3 is 0 Å². The average Bonchev–Trinajstić information content (AvgIpc) is 2.27. The molecule has 1 heterocycles. The lowest BCUT2D eigenvalue weighted by Gasteiger charge is -2.11. The number of benzene rings is 1. The number of aromatic nitrogens is 1. The smallest absolute Gasteiger partial charge is 0.255 e. The van der Waals surface area contributed by atoms with Crippen LogP contribution in [0.1, 0.15) is 11.1 Å². The van der Waals surface area contributed by atoms with E-state index in [4.69, 9.17) is 5.73 Å². The molecule has 0 saturated heterocycles. The summed E-state index contributed by atoms with van der Waals surface area (Å²) in [6.45, 7) is 2.25. The first-order valence-corrected chi connectivity index (χ1v) is 4.94. The van der Waals surface area contributed by atoms with Crippen molar-refractivity contribution in [2.24, 2.45) is 12.8 Å². The molecule has 0 bridgehead atoms. The first-order valence-electron chi connectivity index (χ1n) is 4.94. The second-order valence-electron chi connectivity index (χ2n) is 3.69. The Kier molecular flexibility index (Phi) is 2.32. The molecule has 1 aromatic heterocycles. The van der Waals surface area contributed by atoms with Crippen LogP contribution in [0, 0.1) is 6.92 Å². The predicted molar refractivity (Wildman–Crippen MR) is 61.8 cm³/mol. The van der Waals surface area contributed by atoms with E-state index >= 15 is 0 Å². The molecule has 0 fully saturated rings. The third-order valence-corrected chi connectivity index (χ3v) is 2.89. The fraction of sp³-hybridized carbons (Fsp3) is 0.250. The zero-order valence-electron chi connectivity index (χ0n) is 8.95. The standard InChI is InChI=1S/C12H14N2O/c1-8-9-5-3-4-6-11(9)14(2)12(15)10(8)7-13/h3-6H,7,13H2,1-2H3. The van der Waals surface area contributed by atoms with Crippen LogP contribution < -0.4 is 11.3 Å². The van der Waals surface area contributed by atoms with Gasteiger partial charge in [0.05, 0.1) is 5.52 Å². The Morgan fingerprint density at radius 3 is 2.67 bits per heavy atom. The number of hydrogen-bond acceptors (Lipinski definition) is 2. The average molecular weight is 202 g/mol. The van der Waals surface area contributed by atoms with Crippen LogP contribution in [0.25, 0.3) is 10.9 Å². The lowest BCUT2D eigenvalue weighted by atomic mass is 10.0. The van der Waals surface area contributed by atoms with Crippen molar-refractivity contribution >= 4 is 10.9 Å². The van der Waals surface area contributed by atoms with Crippen molar-refractivity contribution in [2.45, 2.75) is 13.5 Å². The zero-order valence-corrected chi connectivity index (χ0v) is 8.95. The minimum Gasteiger partial charge on any atom is -0.326 e. The van der Waals surface area contributed by atoms with Crippen molar-refractivity contribution in [2.75, 3.05) is 0 Å². The van der Waals surface area contributed by atoms with E-state index in [1.807, 2.05) is 31.2 Å². The predicted octanol–water partition coefficient (Wildman–Crippen LogP) is 1.31. The van der Waals surface area contributed by atoms with Crippen LogP contribution in [0.5, 0.6) is 0 Å². The number of hydrogen-bond donors (Lipinski definition) is 1. The summed E-state index contributed by atoms with van der Waals surface area (Å²) in [7, 11) is 1.78. The van der Waals surface area contributed by atoms with Gasteiger partial charge in [0, 0.05) is 24.5 Å². The largest absolute Gasteiger partial charge is 0.326 e. The zero-order chi connectivity index (χ0) is 11.0. The van der Waals surface area contributed by atoms with Gasteiger partial charge in [-0.2, -0.15) is 0 Å². The van der Waals surface area contributed by atoms with E-state index in [2.05, 4.69) is 0 Å². The van der Waals surface area contributed by atoms with Crippen molar-refractivity contribution in [1.82, 2.24) is 4.57 Å². The van der Waals surface area contributed by atoms with Gasteiger partial charge in [-0.05, 0) is 18.6 Å². The molecule has 3 heteroatoms. The Hall–Kier alpha value is -1.61. The molecule has 78 valence electrons. The molecule has 0 spiro atoms. The van der Waals surface area contributed by atoms with E-state index in [1.54, 1.807) is 11.6 Å². The topological polar surface area (TPSA) is 48.0 Å². The van der Waals surface area contributed by atoms with E-state index in [9.17, 15) is 4.79 Å². The van der Waals surface area contributed by atoms with E-state index in [0.717, 1.165) is 16.5 Å². The molecule has 2 N–H and O–H groups in total. The molecule has 0 amide bonds.